The van der Waals surface area contributed by atoms with E-state index in [0.29, 0.717) is 6.54 Å². The fourth-order valence-corrected chi connectivity index (χ4v) is 1.76. The number of amides is 2. The van der Waals surface area contributed by atoms with Gasteiger partial charge in [0.05, 0.1) is 12.2 Å². The quantitative estimate of drug-likeness (QED) is 0.803. The summed E-state index contributed by atoms with van der Waals surface area (Å²) in [4.78, 5) is 25.0. The van der Waals surface area contributed by atoms with Crippen molar-refractivity contribution < 1.29 is 14.0 Å². The highest BCUT2D eigenvalue weighted by molar-refractivity contribution is 5.90. The zero-order valence-electron chi connectivity index (χ0n) is 12.6. The maximum atomic E-state index is 13.4. The molecule has 0 unspecified atom stereocenters. The lowest BCUT2D eigenvalue weighted by Crippen LogP contribution is -2.39. The summed E-state index contributed by atoms with van der Waals surface area (Å²) in [6.07, 6.45) is 0.194. The van der Waals surface area contributed by atoms with E-state index in [1.165, 1.54) is 12.1 Å². The van der Waals surface area contributed by atoms with Gasteiger partial charge in [-0.3, -0.25) is 14.5 Å². The molecule has 0 spiro atoms. The van der Waals surface area contributed by atoms with E-state index in [0.717, 1.165) is 0 Å². The predicted molar refractivity (Wildman–Crippen MR) is 80.4 cm³/mol. The highest BCUT2D eigenvalue weighted by Crippen LogP contribution is 2.12. The third-order valence-electron chi connectivity index (χ3n) is 2.73. The van der Waals surface area contributed by atoms with E-state index in [2.05, 4.69) is 10.6 Å². The van der Waals surface area contributed by atoms with Crippen molar-refractivity contribution in [2.24, 2.45) is 0 Å². The number of hydrogen-bond donors (Lipinski definition) is 2. The number of likely N-dealkylation sites (N-methyl/N-ethyl adjacent to an activating group) is 1. The van der Waals surface area contributed by atoms with Crippen LogP contribution in [0.15, 0.2) is 24.3 Å². The third kappa shape index (κ3) is 6.85. The summed E-state index contributed by atoms with van der Waals surface area (Å²) < 4.78 is 13.4. The Morgan fingerprint density at radius 2 is 1.90 bits per heavy atom. The Bertz CT molecular complexity index is 492. The monoisotopic (exact) mass is 295 g/mol. The number of nitrogens with zero attached hydrogens (tertiary/aromatic N) is 1. The summed E-state index contributed by atoms with van der Waals surface area (Å²) in [6, 6.07) is 6.10. The number of carbonyl (C=O) groups is 2. The molecule has 1 aromatic carbocycles. The van der Waals surface area contributed by atoms with Gasteiger partial charge in [0, 0.05) is 19.0 Å². The van der Waals surface area contributed by atoms with Crippen molar-refractivity contribution >= 4 is 17.5 Å². The third-order valence-corrected chi connectivity index (χ3v) is 2.73. The smallest absolute Gasteiger partial charge is 0.234 e. The van der Waals surface area contributed by atoms with Gasteiger partial charge in [-0.1, -0.05) is 12.1 Å². The summed E-state index contributed by atoms with van der Waals surface area (Å²) >= 11 is 0. The van der Waals surface area contributed by atoms with E-state index in [9.17, 15) is 14.0 Å². The Balaban J connectivity index is 2.33. The van der Waals surface area contributed by atoms with Crippen molar-refractivity contribution in [3.05, 3.63) is 30.1 Å². The van der Waals surface area contributed by atoms with Crippen LogP contribution in [0.25, 0.3) is 0 Å². The summed E-state index contributed by atoms with van der Waals surface area (Å²) in [5, 5.41) is 5.29. The first kappa shape index (κ1) is 17.1. The maximum Gasteiger partial charge on any atom is 0.234 e. The van der Waals surface area contributed by atoms with Gasteiger partial charge in [0.15, 0.2) is 0 Å². The van der Waals surface area contributed by atoms with Crippen molar-refractivity contribution in [2.75, 3.05) is 25.5 Å². The van der Waals surface area contributed by atoms with Gasteiger partial charge in [0.25, 0.3) is 0 Å². The first-order valence-electron chi connectivity index (χ1n) is 6.90. The second kappa shape index (κ2) is 8.36. The highest BCUT2D eigenvalue weighted by Gasteiger charge is 2.10. The largest absolute Gasteiger partial charge is 0.353 e. The molecule has 0 atom stereocenters. The number of rotatable bonds is 7. The van der Waals surface area contributed by atoms with Crippen LogP contribution in [0.5, 0.6) is 0 Å². The lowest BCUT2D eigenvalue weighted by molar-refractivity contribution is -0.123. The van der Waals surface area contributed by atoms with Gasteiger partial charge in [0.2, 0.25) is 11.8 Å². The van der Waals surface area contributed by atoms with Crippen LogP contribution in [-0.4, -0.2) is 42.9 Å². The SMILES string of the molecule is CC(C)NC(=O)CN(C)CCC(=O)Nc1ccccc1F. The predicted octanol–water partition coefficient (Wildman–Crippen LogP) is 1.61. The fraction of sp³-hybridized carbons (Fsp3) is 0.467. The molecule has 6 heteroatoms. The Morgan fingerprint density at radius 1 is 1.24 bits per heavy atom. The van der Waals surface area contributed by atoms with Crippen LogP contribution < -0.4 is 10.6 Å². The van der Waals surface area contributed by atoms with Crippen molar-refractivity contribution in [1.29, 1.82) is 0 Å². The molecule has 2 amide bonds. The Labute approximate surface area is 124 Å². The van der Waals surface area contributed by atoms with E-state index >= 15 is 0 Å². The molecule has 0 aliphatic carbocycles. The molecule has 0 saturated heterocycles. The van der Waals surface area contributed by atoms with Crippen LogP contribution >= 0.6 is 0 Å². The molecule has 0 bridgehead atoms. The Hall–Kier alpha value is -1.95. The molecule has 116 valence electrons. The second-order valence-electron chi connectivity index (χ2n) is 5.24. The fourth-order valence-electron chi connectivity index (χ4n) is 1.76. The Kier molecular flexibility index (Phi) is 6.81. The van der Waals surface area contributed by atoms with Crippen LogP contribution in [0.4, 0.5) is 10.1 Å². The van der Waals surface area contributed by atoms with Crippen LogP contribution in [-0.2, 0) is 9.59 Å². The topological polar surface area (TPSA) is 61.4 Å². The molecular weight excluding hydrogens is 273 g/mol. The lowest BCUT2D eigenvalue weighted by Gasteiger charge is -2.17. The standard InChI is InChI=1S/C15H22FN3O2/c1-11(2)17-15(21)10-19(3)9-8-14(20)18-13-7-5-4-6-12(13)16/h4-7,11H,8-10H2,1-3H3,(H,17,21)(H,18,20). The van der Waals surface area contributed by atoms with Gasteiger partial charge < -0.3 is 10.6 Å². The van der Waals surface area contributed by atoms with Crippen molar-refractivity contribution in [2.45, 2.75) is 26.3 Å². The first-order chi connectivity index (χ1) is 9.88. The number of benzene rings is 1. The van der Waals surface area contributed by atoms with Gasteiger partial charge in [-0.25, -0.2) is 4.39 Å². The van der Waals surface area contributed by atoms with Crippen LogP contribution in [0.2, 0.25) is 0 Å². The van der Waals surface area contributed by atoms with Gasteiger partial charge >= 0.3 is 0 Å². The number of para-hydroxylation sites is 1. The highest BCUT2D eigenvalue weighted by atomic mass is 19.1. The number of halogens is 1. The average molecular weight is 295 g/mol. The molecule has 21 heavy (non-hydrogen) atoms. The summed E-state index contributed by atoms with van der Waals surface area (Å²) in [5.41, 5.74) is 0.169. The van der Waals surface area contributed by atoms with E-state index in [1.807, 2.05) is 13.8 Å². The first-order valence-corrected chi connectivity index (χ1v) is 6.90. The van der Waals surface area contributed by atoms with Gasteiger partial charge in [0.1, 0.15) is 5.82 Å². The average Bonchev–Trinajstić information content (AvgIpc) is 2.38. The normalized spacial score (nSPS) is 10.8. The zero-order chi connectivity index (χ0) is 15.8. The number of carbonyl (C=O) groups excluding carboxylic acids is 2. The van der Waals surface area contributed by atoms with Gasteiger partial charge in [-0.15, -0.1) is 0 Å². The molecule has 0 heterocycles. The van der Waals surface area contributed by atoms with Crippen molar-refractivity contribution in [3.63, 3.8) is 0 Å². The minimum atomic E-state index is -0.462. The summed E-state index contributed by atoms with van der Waals surface area (Å²) in [7, 11) is 1.76. The van der Waals surface area contributed by atoms with E-state index in [-0.39, 0.29) is 36.5 Å². The minimum absolute atomic E-state index is 0.0815. The molecule has 1 rings (SSSR count). The molecular formula is C15H22FN3O2. The molecule has 5 nitrogen and oxygen atoms in total. The molecule has 0 aromatic heterocycles. The lowest BCUT2D eigenvalue weighted by atomic mass is 10.3. The molecule has 2 N–H and O–H groups in total. The number of anilines is 1. The summed E-state index contributed by atoms with van der Waals surface area (Å²) in [5.74, 6) is -0.825. The molecule has 0 aliphatic rings. The van der Waals surface area contributed by atoms with Crippen LogP contribution in [0.3, 0.4) is 0 Å². The van der Waals surface area contributed by atoms with Crippen molar-refractivity contribution in [3.8, 4) is 0 Å². The Morgan fingerprint density at radius 3 is 2.52 bits per heavy atom. The summed E-state index contributed by atoms with van der Waals surface area (Å²) in [6.45, 7) is 4.43. The molecule has 0 aliphatic heterocycles. The number of nitrogens with one attached hydrogen (secondary N) is 2. The second-order valence-corrected chi connectivity index (χ2v) is 5.24. The van der Waals surface area contributed by atoms with Crippen molar-refractivity contribution in [1.82, 2.24) is 10.2 Å². The molecule has 0 radical (unpaired) electrons. The van der Waals surface area contributed by atoms with E-state index in [4.69, 9.17) is 0 Å². The van der Waals surface area contributed by atoms with Gasteiger partial charge in [-0.05, 0) is 33.0 Å². The maximum absolute atomic E-state index is 13.4. The van der Waals surface area contributed by atoms with Crippen LogP contribution in [0.1, 0.15) is 20.3 Å². The van der Waals surface area contributed by atoms with E-state index < -0.39 is 5.82 Å². The molecule has 0 saturated carbocycles. The number of hydrogen-bond acceptors (Lipinski definition) is 3. The van der Waals surface area contributed by atoms with E-state index in [1.54, 1.807) is 24.1 Å². The van der Waals surface area contributed by atoms with Gasteiger partial charge in [-0.2, -0.15) is 0 Å². The minimum Gasteiger partial charge on any atom is -0.353 e. The molecule has 0 fully saturated rings. The molecule has 1 aromatic rings. The zero-order valence-corrected chi connectivity index (χ0v) is 12.6. The van der Waals surface area contributed by atoms with Crippen LogP contribution in [0, 0.1) is 5.82 Å².